The summed E-state index contributed by atoms with van der Waals surface area (Å²) in [5.74, 6) is -1.24. The number of rotatable bonds is 13. The number of amides is 2. The van der Waals surface area contributed by atoms with Gasteiger partial charge in [-0.2, -0.15) is 0 Å². The Morgan fingerprint density at radius 3 is 2.22 bits per heavy atom. The summed E-state index contributed by atoms with van der Waals surface area (Å²) >= 11 is -2.10. The van der Waals surface area contributed by atoms with Gasteiger partial charge in [-0.3, -0.25) is 0 Å². The molecule has 0 saturated heterocycles. The summed E-state index contributed by atoms with van der Waals surface area (Å²) in [5, 5.41) is 11.5. The number of primary amides is 2. The molecule has 7 N–H and O–H groups in total. The molecule has 1 aromatic carbocycles. The van der Waals surface area contributed by atoms with E-state index in [0.717, 1.165) is 4.35 Å². The SMILES string of the molecule is NC(=O)CS[As](SCC(N)=O)c1cc(NCS(=O)(=O)O)cc(OCCO)c1. The van der Waals surface area contributed by atoms with Crippen LogP contribution in [0.2, 0.25) is 0 Å². The van der Waals surface area contributed by atoms with Gasteiger partial charge in [0.05, 0.1) is 0 Å². The van der Waals surface area contributed by atoms with Gasteiger partial charge < -0.3 is 0 Å². The van der Waals surface area contributed by atoms with E-state index in [-0.39, 0.29) is 24.7 Å². The van der Waals surface area contributed by atoms with E-state index in [0.29, 0.717) is 11.4 Å². The molecule has 152 valence electrons. The van der Waals surface area contributed by atoms with Crippen LogP contribution in [0, 0.1) is 0 Å². The molecule has 0 aliphatic rings. The molecule has 10 nitrogen and oxygen atoms in total. The van der Waals surface area contributed by atoms with Gasteiger partial charge in [0.2, 0.25) is 0 Å². The topological polar surface area (TPSA) is 182 Å². The zero-order valence-electron chi connectivity index (χ0n) is 14.0. The molecule has 1 aromatic rings. The molecule has 2 amide bonds. The van der Waals surface area contributed by atoms with Crippen LogP contribution in [0.1, 0.15) is 0 Å². The number of carbonyl (C=O) groups is 2. The molecule has 1 rings (SSSR count). The molecule has 0 bridgehead atoms. The predicted molar refractivity (Wildman–Crippen MR) is 108 cm³/mol. The van der Waals surface area contributed by atoms with Crippen LogP contribution in [0.5, 0.6) is 5.75 Å². The van der Waals surface area contributed by atoms with Crippen LogP contribution >= 0.6 is 20.0 Å². The Morgan fingerprint density at radius 2 is 1.74 bits per heavy atom. The average molecular weight is 501 g/mol. The minimum absolute atomic E-state index is 0.0249. The van der Waals surface area contributed by atoms with E-state index >= 15 is 0 Å². The Labute approximate surface area is 167 Å². The Balaban J connectivity index is 3.14. The molecule has 0 aliphatic heterocycles. The molecular formula is C13H20AsN3O7S3. The summed E-state index contributed by atoms with van der Waals surface area (Å²) in [4.78, 5) is 22.3. The van der Waals surface area contributed by atoms with Crippen LogP contribution in [0.25, 0.3) is 0 Å². The van der Waals surface area contributed by atoms with Crippen LogP contribution in [0.15, 0.2) is 18.2 Å². The predicted octanol–water partition coefficient (Wildman–Crippen LogP) is -1.55. The van der Waals surface area contributed by atoms with Gasteiger partial charge in [0, 0.05) is 0 Å². The number of carbonyl (C=O) groups excluding carboxylic acids is 2. The fourth-order valence-corrected chi connectivity index (χ4v) is 13.2. The maximum atomic E-state index is 11.1. The van der Waals surface area contributed by atoms with E-state index in [4.69, 9.17) is 25.9 Å². The van der Waals surface area contributed by atoms with Crippen molar-refractivity contribution in [2.75, 3.05) is 35.9 Å². The van der Waals surface area contributed by atoms with Gasteiger partial charge in [0.25, 0.3) is 0 Å². The van der Waals surface area contributed by atoms with Crippen LogP contribution in [-0.4, -0.2) is 72.8 Å². The second kappa shape index (κ2) is 11.7. The van der Waals surface area contributed by atoms with Crippen LogP contribution in [0.3, 0.4) is 0 Å². The molecular weight excluding hydrogens is 481 g/mol. The summed E-state index contributed by atoms with van der Waals surface area (Å²) < 4.78 is 37.0. The van der Waals surface area contributed by atoms with Crippen LogP contribution in [-0.2, 0) is 19.7 Å². The van der Waals surface area contributed by atoms with Crippen molar-refractivity contribution in [1.29, 1.82) is 0 Å². The Kier molecular flexibility index (Phi) is 10.3. The molecule has 0 spiro atoms. The summed E-state index contributed by atoms with van der Waals surface area (Å²) in [5.41, 5.74) is 10.8. The number of hydrogen-bond acceptors (Lipinski definition) is 9. The number of ether oxygens (including phenoxy) is 1. The van der Waals surface area contributed by atoms with E-state index in [2.05, 4.69) is 5.32 Å². The molecule has 0 atom stereocenters. The van der Waals surface area contributed by atoms with Crippen molar-refractivity contribution >= 4 is 64.4 Å². The second-order valence-corrected chi connectivity index (χ2v) is 17.9. The van der Waals surface area contributed by atoms with Crippen LogP contribution in [0.4, 0.5) is 5.69 Å². The molecule has 14 heteroatoms. The van der Waals surface area contributed by atoms with E-state index in [1.807, 2.05) is 0 Å². The summed E-state index contributed by atoms with van der Waals surface area (Å²) in [6, 6.07) is 4.85. The van der Waals surface area contributed by atoms with Crippen molar-refractivity contribution in [2.45, 2.75) is 0 Å². The third kappa shape index (κ3) is 10.7. The number of nitrogens with one attached hydrogen (secondary N) is 1. The summed E-state index contributed by atoms with van der Waals surface area (Å²) in [6.45, 7) is -0.191. The standard InChI is InChI=1S/C13H20AsN3O7S3/c15-12(19)6-25-14(26-7-13(16)20)9-3-10(17-8-27(21,22)23)5-11(4-9)24-2-1-18/h3-5,17-18H,1-2,6-8H2,(H2,15,19)(H2,16,20)(H,21,22,23). The first-order valence-electron chi connectivity index (χ1n) is 7.31. The minimum atomic E-state index is -4.24. The third-order valence-corrected chi connectivity index (χ3v) is 15.9. The van der Waals surface area contributed by atoms with Crippen molar-refractivity contribution in [3.8, 4) is 5.75 Å². The first-order chi connectivity index (χ1) is 12.6. The molecule has 0 aromatic heterocycles. The number of aliphatic hydroxyl groups is 1. The molecule has 0 radical (unpaired) electrons. The van der Waals surface area contributed by atoms with Crippen molar-refractivity contribution in [1.82, 2.24) is 0 Å². The molecule has 0 saturated carbocycles. The molecule has 0 fully saturated rings. The zero-order valence-corrected chi connectivity index (χ0v) is 18.4. The van der Waals surface area contributed by atoms with Gasteiger partial charge >= 0.3 is 168 Å². The first-order valence-corrected chi connectivity index (χ1v) is 16.3. The van der Waals surface area contributed by atoms with Gasteiger partial charge in [0.15, 0.2) is 0 Å². The van der Waals surface area contributed by atoms with Gasteiger partial charge in [-0.1, -0.05) is 0 Å². The molecule has 27 heavy (non-hydrogen) atoms. The fourth-order valence-electron chi connectivity index (χ4n) is 1.64. The molecule has 0 heterocycles. The van der Waals surface area contributed by atoms with E-state index in [1.165, 1.54) is 26.1 Å². The van der Waals surface area contributed by atoms with Gasteiger partial charge in [-0.25, -0.2) is 0 Å². The summed E-state index contributed by atoms with van der Waals surface area (Å²) in [6.07, 6.45) is 0. The third-order valence-electron chi connectivity index (χ3n) is 2.57. The maximum absolute atomic E-state index is 11.1. The van der Waals surface area contributed by atoms with Crippen LogP contribution < -0.4 is 25.9 Å². The van der Waals surface area contributed by atoms with E-state index in [1.54, 1.807) is 12.1 Å². The number of nitrogens with two attached hydrogens (primary N) is 2. The van der Waals surface area contributed by atoms with Crippen molar-refractivity contribution < 1.29 is 32.4 Å². The van der Waals surface area contributed by atoms with Gasteiger partial charge in [0.1, 0.15) is 0 Å². The fraction of sp³-hybridized carbons (Fsp3) is 0.385. The number of anilines is 1. The Morgan fingerprint density at radius 1 is 1.15 bits per heavy atom. The number of aliphatic hydroxyl groups excluding tert-OH is 1. The van der Waals surface area contributed by atoms with Crippen molar-refractivity contribution in [3.63, 3.8) is 0 Å². The Bertz CT molecular complexity index is 746. The van der Waals surface area contributed by atoms with Crippen molar-refractivity contribution in [2.24, 2.45) is 11.5 Å². The monoisotopic (exact) mass is 501 g/mol. The number of hydrogen-bond donors (Lipinski definition) is 5. The van der Waals surface area contributed by atoms with Gasteiger partial charge in [-0.15, -0.1) is 0 Å². The van der Waals surface area contributed by atoms with Crippen molar-refractivity contribution in [3.05, 3.63) is 18.2 Å². The zero-order chi connectivity index (χ0) is 20.4. The quantitative estimate of drug-likeness (QED) is 0.157. The van der Waals surface area contributed by atoms with Gasteiger partial charge in [-0.05, 0) is 0 Å². The average Bonchev–Trinajstić information content (AvgIpc) is 2.57. The molecule has 0 aliphatic carbocycles. The summed E-state index contributed by atoms with van der Waals surface area (Å²) in [7, 11) is -1.61. The molecule has 0 unspecified atom stereocenters. The van der Waals surface area contributed by atoms with E-state index < -0.39 is 40.1 Å². The normalized spacial score (nSPS) is 11.4. The second-order valence-electron chi connectivity index (χ2n) is 4.93. The Hall–Kier alpha value is -1.11. The number of benzene rings is 1. The van der Waals surface area contributed by atoms with E-state index in [9.17, 15) is 18.0 Å². The first kappa shape index (κ1) is 23.9.